The number of rotatable bonds is 10. The molecule has 0 bridgehead atoms. The Morgan fingerprint density at radius 3 is 2.64 bits per heavy atom. The molecular formula is C25H29N5O6. The summed E-state index contributed by atoms with van der Waals surface area (Å²) in [6.45, 7) is 5.51. The fourth-order valence-electron chi connectivity index (χ4n) is 4.02. The minimum atomic E-state index is -2.38. The van der Waals surface area contributed by atoms with E-state index in [4.69, 9.17) is 4.42 Å². The van der Waals surface area contributed by atoms with Gasteiger partial charge in [0.25, 0.3) is 5.91 Å². The van der Waals surface area contributed by atoms with Gasteiger partial charge in [-0.05, 0) is 50.2 Å². The van der Waals surface area contributed by atoms with E-state index < -0.39 is 17.4 Å². The number of ether oxygens (including phenoxy) is 1. The number of methoxy groups -OCH3 is 1. The summed E-state index contributed by atoms with van der Waals surface area (Å²) in [7, 11) is 1.10. The number of ketones is 1. The molecule has 11 heteroatoms. The van der Waals surface area contributed by atoms with Gasteiger partial charge < -0.3 is 19.6 Å². The molecule has 0 saturated heterocycles. The summed E-state index contributed by atoms with van der Waals surface area (Å²) in [6.07, 6.45) is 3.26. The molecular weight excluding hydrogens is 466 g/mol. The standard InChI is InChI=1S/C25H29N5O6/c1-13(2)11-25(34,24(33)35-4)19(31)18-12-26-23(36-18)17-7-5-6-16(10-17)20-28-21(30-29-20)22(32)27-14(3)15-8-9-15/h5-7,10,12-15,34H,8-9,11H2,1-4H3,(H,27,32)(H,28,29,30)/t14-,25+/m0/s1. The molecule has 190 valence electrons. The number of aliphatic hydroxyl groups is 1. The highest BCUT2D eigenvalue weighted by atomic mass is 16.5. The highest BCUT2D eigenvalue weighted by Crippen LogP contribution is 2.32. The van der Waals surface area contributed by atoms with Crippen LogP contribution in [0, 0.1) is 11.8 Å². The van der Waals surface area contributed by atoms with Crippen molar-refractivity contribution in [2.45, 2.75) is 51.7 Å². The lowest BCUT2D eigenvalue weighted by Crippen LogP contribution is -2.48. The number of H-pyrrole nitrogens is 1. The van der Waals surface area contributed by atoms with Gasteiger partial charge in [-0.25, -0.2) is 14.8 Å². The zero-order valence-corrected chi connectivity index (χ0v) is 20.6. The third-order valence-corrected chi connectivity index (χ3v) is 6.09. The maximum atomic E-state index is 13.0. The van der Waals surface area contributed by atoms with Crippen molar-refractivity contribution in [3.8, 4) is 22.8 Å². The Bertz CT molecular complexity index is 1280. The van der Waals surface area contributed by atoms with Crippen LogP contribution < -0.4 is 5.32 Å². The summed E-state index contributed by atoms with van der Waals surface area (Å²) >= 11 is 0. The molecule has 36 heavy (non-hydrogen) atoms. The molecule has 3 N–H and O–H groups in total. The molecule has 0 spiro atoms. The van der Waals surface area contributed by atoms with Crippen molar-refractivity contribution in [1.29, 1.82) is 0 Å². The summed E-state index contributed by atoms with van der Waals surface area (Å²) in [4.78, 5) is 46.1. The number of nitrogens with zero attached hydrogens (tertiary/aromatic N) is 3. The Morgan fingerprint density at radius 1 is 1.25 bits per heavy atom. The quantitative estimate of drug-likeness (QED) is 0.218. The lowest BCUT2D eigenvalue weighted by Gasteiger charge is -2.24. The molecule has 0 aliphatic heterocycles. The van der Waals surface area contributed by atoms with E-state index in [0.29, 0.717) is 22.9 Å². The van der Waals surface area contributed by atoms with E-state index in [9.17, 15) is 19.5 Å². The second-order valence-electron chi connectivity index (χ2n) is 9.50. The van der Waals surface area contributed by atoms with Gasteiger partial charge in [0.15, 0.2) is 11.6 Å². The smallest absolute Gasteiger partial charge is 0.346 e. The van der Waals surface area contributed by atoms with E-state index in [1.54, 1.807) is 38.1 Å². The van der Waals surface area contributed by atoms with Crippen LogP contribution in [0.5, 0.6) is 0 Å². The van der Waals surface area contributed by atoms with Crippen molar-refractivity contribution in [3.05, 3.63) is 42.0 Å². The molecule has 1 aromatic carbocycles. The number of hydrogen-bond acceptors (Lipinski definition) is 9. The minimum absolute atomic E-state index is 0.0775. The number of benzene rings is 1. The predicted molar refractivity (Wildman–Crippen MR) is 128 cm³/mol. The first-order chi connectivity index (χ1) is 17.1. The van der Waals surface area contributed by atoms with Gasteiger partial charge in [0.05, 0.1) is 13.3 Å². The van der Waals surface area contributed by atoms with Crippen LogP contribution in [0.25, 0.3) is 22.8 Å². The van der Waals surface area contributed by atoms with Crippen molar-refractivity contribution in [1.82, 2.24) is 25.5 Å². The second-order valence-corrected chi connectivity index (χ2v) is 9.50. The molecule has 0 unspecified atom stereocenters. The Hall–Kier alpha value is -3.86. The minimum Gasteiger partial charge on any atom is -0.467 e. The lowest BCUT2D eigenvalue weighted by atomic mass is 9.87. The van der Waals surface area contributed by atoms with Gasteiger partial charge in [-0.15, -0.1) is 0 Å². The molecule has 2 aromatic heterocycles. The largest absolute Gasteiger partial charge is 0.467 e. The van der Waals surface area contributed by atoms with Crippen LogP contribution in [0.4, 0.5) is 0 Å². The second kappa shape index (κ2) is 10.0. The molecule has 3 aromatic rings. The maximum absolute atomic E-state index is 13.0. The van der Waals surface area contributed by atoms with Gasteiger partial charge in [-0.2, -0.15) is 5.10 Å². The number of aromatic amines is 1. The number of oxazole rings is 1. The van der Waals surface area contributed by atoms with E-state index in [0.717, 1.165) is 26.1 Å². The first kappa shape index (κ1) is 25.2. The van der Waals surface area contributed by atoms with Crippen molar-refractivity contribution in [2.75, 3.05) is 7.11 Å². The molecule has 1 amide bonds. The number of esters is 1. The van der Waals surface area contributed by atoms with Gasteiger partial charge in [-0.3, -0.25) is 14.7 Å². The molecule has 2 atom stereocenters. The maximum Gasteiger partial charge on any atom is 0.346 e. The van der Waals surface area contributed by atoms with Gasteiger partial charge in [0.2, 0.25) is 23.1 Å². The summed E-state index contributed by atoms with van der Waals surface area (Å²) in [6, 6.07) is 6.97. The topological polar surface area (TPSA) is 160 Å². The Balaban J connectivity index is 1.54. The molecule has 1 fully saturated rings. The number of amides is 1. The van der Waals surface area contributed by atoms with Crippen molar-refractivity contribution in [2.24, 2.45) is 11.8 Å². The summed E-state index contributed by atoms with van der Waals surface area (Å²) in [5, 5.41) is 20.6. The van der Waals surface area contributed by atoms with Crippen LogP contribution in [0.15, 0.2) is 34.9 Å². The molecule has 0 radical (unpaired) electrons. The van der Waals surface area contributed by atoms with E-state index >= 15 is 0 Å². The van der Waals surface area contributed by atoms with Crippen molar-refractivity contribution >= 4 is 17.7 Å². The summed E-state index contributed by atoms with van der Waals surface area (Å²) in [5.74, 6) is -1.71. The number of aromatic nitrogens is 4. The van der Waals surface area contributed by atoms with E-state index in [1.807, 2.05) is 6.92 Å². The molecule has 1 saturated carbocycles. The summed E-state index contributed by atoms with van der Waals surface area (Å²) < 4.78 is 10.3. The molecule has 11 nitrogen and oxygen atoms in total. The average molecular weight is 496 g/mol. The zero-order valence-electron chi connectivity index (χ0n) is 20.6. The third-order valence-electron chi connectivity index (χ3n) is 6.09. The monoisotopic (exact) mass is 495 g/mol. The fourth-order valence-corrected chi connectivity index (χ4v) is 4.02. The lowest BCUT2D eigenvalue weighted by molar-refractivity contribution is -0.158. The van der Waals surface area contributed by atoms with Crippen LogP contribution in [-0.4, -0.2) is 61.7 Å². The molecule has 2 heterocycles. The van der Waals surface area contributed by atoms with E-state index in [-0.39, 0.29) is 41.8 Å². The van der Waals surface area contributed by atoms with Crippen molar-refractivity contribution in [3.63, 3.8) is 0 Å². The van der Waals surface area contributed by atoms with Crippen LogP contribution in [0.1, 0.15) is 61.2 Å². The molecule has 1 aliphatic rings. The van der Waals surface area contributed by atoms with Gasteiger partial charge in [0, 0.05) is 17.2 Å². The van der Waals surface area contributed by atoms with Crippen LogP contribution >= 0.6 is 0 Å². The average Bonchev–Trinajstić information content (AvgIpc) is 3.39. The van der Waals surface area contributed by atoms with Crippen LogP contribution in [0.3, 0.4) is 0 Å². The predicted octanol–water partition coefficient (Wildman–Crippen LogP) is 2.79. The van der Waals surface area contributed by atoms with E-state index in [2.05, 4.69) is 30.2 Å². The number of Topliss-reactive ketones (excluding diaryl/α,β-unsaturated/α-hetero) is 1. The van der Waals surface area contributed by atoms with Crippen molar-refractivity contribution < 1.29 is 28.6 Å². The highest BCUT2D eigenvalue weighted by Gasteiger charge is 2.47. The Kier molecular flexibility index (Phi) is 7.02. The fraction of sp³-hybridized carbons (Fsp3) is 0.440. The summed E-state index contributed by atoms with van der Waals surface area (Å²) in [5.41, 5.74) is -1.28. The first-order valence-electron chi connectivity index (χ1n) is 11.8. The Morgan fingerprint density at radius 2 is 1.97 bits per heavy atom. The number of hydrogen-bond donors (Lipinski definition) is 3. The van der Waals surface area contributed by atoms with Gasteiger partial charge in [-0.1, -0.05) is 26.0 Å². The SMILES string of the molecule is COC(=O)[C@@](O)(CC(C)C)C(=O)c1cnc(-c2cccc(-c3n[nH]c(C(=O)N[C@@H](C)C4CC4)n3)c2)o1. The number of nitrogens with one attached hydrogen (secondary N) is 2. The number of carbonyl (C=O) groups is 3. The highest BCUT2D eigenvalue weighted by molar-refractivity contribution is 6.14. The van der Waals surface area contributed by atoms with E-state index in [1.165, 1.54) is 0 Å². The Labute approximate surface area is 207 Å². The first-order valence-corrected chi connectivity index (χ1v) is 11.8. The number of carbonyl (C=O) groups excluding carboxylic acids is 3. The molecule has 4 rings (SSSR count). The van der Waals surface area contributed by atoms with Crippen LogP contribution in [0.2, 0.25) is 0 Å². The zero-order chi connectivity index (χ0) is 26.0. The van der Waals surface area contributed by atoms with Gasteiger partial charge in [0.1, 0.15) is 0 Å². The third kappa shape index (κ3) is 5.20. The van der Waals surface area contributed by atoms with Crippen LogP contribution in [-0.2, 0) is 9.53 Å². The van der Waals surface area contributed by atoms with Gasteiger partial charge >= 0.3 is 5.97 Å². The molecule has 1 aliphatic carbocycles. The normalized spacial score (nSPS) is 15.8.